The number of sulfonamides is 1. The molecule has 1 amide bonds. The van der Waals surface area contributed by atoms with Crippen LogP contribution in [0.4, 0.5) is 5.69 Å². The number of amides is 1. The molecule has 2 rings (SSSR count). The van der Waals surface area contributed by atoms with E-state index in [1.54, 1.807) is 23.4 Å². The summed E-state index contributed by atoms with van der Waals surface area (Å²) in [7, 11) is -3.49. The Balaban J connectivity index is 2.18. The first kappa shape index (κ1) is 18.2. The van der Waals surface area contributed by atoms with Gasteiger partial charge in [0.15, 0.2) is 0 Å². The number of rotatable bonds is 5. The zero-order valence-electron chi connectivity index (χ0n) is 13.5. The van der Waals surface area contributed by atoms with E-state index in [2.05, 4.69) is 5.32 Å². The van der Waals surface area contributed by atoms with Gasteiger partial charge in [-0.25, -0.2) is 8.42 Å². The van der Waals surface area contributed by atoms with Gasteiger partial charge in [-0.3, -0.25) is 4.79 Å². The lowest BCUT2D eigenvalue weighted by molar-refractivity contribution is -0.115. The third kappa shape index (κ3) is 4.25. The molecule has 23 heavy (non-hydrogen) atoms. The number of nitrogens with zero attached hydrogens (tertiary/aromatic N) is 1. The summed E-state index contributed by atoms with van der Waals surface area (Å²) in [6.45, 7) is 4.17. The van der Waals surface area contributed by atoms with E-state index in [1.165, 1.54) is 12.1 Å². The molecule has 1 aromatic carbocycles. The first-order valence-corrected chi connectivity index (χ1v) is 9.80. The van der Waals surface area contributed by atoms with Gasteiger partial charge in [-0.2, -0.15) is 4.31 Å². The molecule has 5 nitrogen and oxygen atoms in total. The fourth-order valence-corrected chi connectivity index (χ4v) is 4.61. The third-order valence-electron chi connectivity index (χ3n) is 4.13. The zero-order chi connectivity index (χ0) is 17.0. The SMILES string of the molecule is CC[C@@H]1CCCCN1S(=O)(=O)c1ccc(NC(=O)[C@H](C)Cl)cc1. The average Bonchev–Trinajstić information content (AvgIpc) is 2.55. The van der Waals surface area contributed by atoms with Crippen molar-refractivity contribution >= 4 is 33.2 Å². The summed E-state index contributed by atoms with van der Waals surface area (Å²) in [5, 5.41) is 2.00. The molecule has 0 bridgehead atoms. The van der Waals surface area contributed by atoms with Crippen LogP contribution < -0.4 is 5.32 Å². The first-order chi connectivity index (χ1) is 10.9. The number of carbonyl (C=O) groups excluding carboxylic acids is 1. The molecule has 1 N–H and O–H groups in total. The van der Waals surface area contributed by atoms with Gasteiger partial charge in [-0.1, -0.05) is 13.3 Å². The summed E-state index contributed by atoms with van der Waals surface area (Å²) in [6.07, 6.45) is 3.71. The Hall–Kier alpha value is -1.11. The highest BCUT2D eigenvalue weighted by Crippen LogP contribution is 2.27. The quantitative estimate of drug-likeness (QED) is 0.822. The predicted octanol–water partition coefficient (Wildman–Crippen LogP) is 3.21. The molecule has 0 aliphatic carbocycles. The van der Waals surface area contributed by atoms with Crippen LogP contribution in [0, 0.1) is 0 Å². The minimum atomic E-state index is -3.49. The molecule has 1 aromatic rings. The smallest absolute Gasteiger partial charge is 0.243 e. The van der Waals surface area contributed by atoms with Crippen molar-refractivity contribution in [3.8, 4) is 0 Å². The van der Waals surface area contributed by atoms with E-state index in [4.69, 9.17) is 11.6 Å². The summed E-state index contributed by atoms with van der Waals surface area (Å²) >= 11 is 5.70. The predicted molar refractivity (Wildman–Crippen MR) is 92.2 cm³/mol. The van der Waals surface area contributed by atoms with E-state index < -0.39 is 15.4 Å². The van der Waals surface area contributed by atoms with E-state index in [0.717, 1.165) is 25.7 Å². The van der Waals surface area contributed by atoms with Crippen molar-refractivity contribution in [2.24, 2.45) is 0 Å². The Bertz CT molecular complexity index is 644. The van der Waals surface area contributed by atoms with Gasteiger partial charge in [0.2, 0.25) is 15.9 Å². The topological polar surface area (TPSA) is 66.5 Å². The van der Waals surface area contributed by atoms with Crippen LogP contribution >= 0.6 is 11.6 Å². The van der Waals surface area contributed by atoms with Crippen LogP contribution in [0.15, 0.2) is 29.2 Å². The van der Waals surface area contributed by atoms with Crippen molar-refractivity contribution in [1.29, 1.82) is 0 Å². The largest absolute Gasteiger partial charge is 0.325 e. The summed E-state index contributed by atoms with van der Waals surface area (Å²) in [6, 6.07) is 6.32. The summed E-state index contributed by atoms with van der Waals surface area (Å²) in [5.41, 5.74) is 0.534. The highest BCUT2D eigenvalue weighted by atomic mass is 35.5. The summed E-state index contributed by atoms with van der Waals surface area (Å²) in [4.78, 5) is 11.8. The Morgan fingerprint density at radius 3 is 2.57 bits per heavy atom. The van der Waals surface area contributed by atoms with Crippen LogP contribution in [0.3, 0.4) is 0 Å². The molecule has 0 saturated carbocycles. The Kier molecular flexibility index (Phi) is 6.06. The number of carbonyl (C=O) groups is 1. The molecular formula is C16H23ClN2O3S. The zero-order valence-corrected chi connectivity index (χ0v) is 15.0. The maximum Gasteiger partial charge on any atom is 0.243 e. The molecule has 0 aromatic heterocycles. The number of hydrogen-bond acceptors (Lipinski definition) is 3. The first-order valence-electron chi connectivity index (χ1n) is 7.93. The van der Waals surface area contributed by atoms with Crippen molar-refractivity contribution in [2.45, 2.75) is 55.8 Å². The number of hydrogen-bond donors (Lipinski definition) is 1. The van der Waals surface area contributed by atoms with Crippen LogP contribution in [0.2, 0.25) is 0 Å². The van der Waals surface area contributed by atoms with Gasteiger partial charge in [0, 0.05) is 18.3 Å². The normalized spacial score (nSPS) is 20.9. The fraction of sp³-hybridized carbons (Fsp3) is 0.562. The number of nitrogens with one attached hydrogen (secondary N) is 1. The van der Waals surface area contributed by atoms with Crippen LogP contribution in [0.5, 0.6) is 0 Å². The van der Waals surface area contributed by atoms with Crippen LogP contribution in [-0.2, 0) is 14.8 Å². The number of halogens is 1. The van der Waals surface area contributed by atoms with Crippen molar-refractivity contribution in [1.82, 2.24) is 4.31 Å². The van der Waals surface area contributed by atoms with Gasteiger partial charge < -0.3 is 5.32 Å². The van der Waals surface area contributed by atoms with Crippen molar-refractivity contribution in [3.05, 3.63) is 24.3 Å². The van der Waals surface area contributed by atoms with E-state index in [1.807, 2.05) is 6.92 Å². The molecule has 1 saturated heterocycles. The molecule has 2 atom stereocenters. The Morgan fingerprint density at radius 2 is 2.00 bits per heavy atom. The molecule has 128 valence electrons. The Morgan fingerprint density at radius 1 is 1.35 bits per heavy atom. The molecule has 7 heteroatoms. The number of alkyl halides is 1. The van der Waals surface area contributed by atoms with Gasteiger partial charge >= 0.3 is 0 Å². The summed E-state index contributed by atoms with van der Waals surface area (Å²) < 4.78 is 27.2. The van der Waals surface area contributed by atoms with E-state index in [0.29, 0.717) is 12.2 Å². The molecular weight excluding hydrogens is 336 g/mol. The average molecular weight is 359 g/mol. The minimum absolute atomic E-state index is 0.0743. The number of anilines is 1. The lowest BCUT2D eigenvalue weighted by atomic mass is 10.0. The molecule has 0 radical (unpaired) electrons. The highest BCUT2D eigenvalue weighted by Gasteiger charge is 2.32. The monoisotopic (exact) mass is 358 g/mol. The third-order valence-corrected chi connectivity index (χ3v) is 6.30. The van der Waals surface area contributed by atoms with Crippen molar-refractivity contribution in [2.75, 3.05) is 11.9 Å². The van der Waals surface area contributed by atoms with Gasteiger partial charge in [0.05, 0.1) is 4.90 Å². The van der Waals surface area contributed by atoms with E-state index in [9.17, 15) is 13.2 Å². The van der Waals surface area contributed by atoms with Gasteiger partial charge in [0.1, 0.15) is 5.38 Å². The molecule has 1 aliphatic rings. The van der Waals surface area contributed by atoms with Gasteiger partial charge in [-0.15, -0.1) is 11.6 Å². The van der Waals surface area contributed by atoms with Crippen LogP contribution in [-0.4, -0.2) is 36.6 Å². The van der Waals surface area contributed by atoms with E-state index >= 15 is 0 Å². The van der Waals surface area contributed by atoms with Crippen LogP contribution in [0.25, 0.3) is 0 Å². The number of benzene rings is 1. The second kappa shape index (κ2) is 7.64. The second-order valence-corrected chi connectivity index (χ2v) is 8.35. The molecule has 1 fully saturated rings. The summed E-state index contributed by atoms with van der Waals surface area (Å²) in [5.74, 6) is -0.315. The maximum absolute atomic E-state index is 12.8. The molecule has 1 aliphatic heterocycles. The van der Waals surface area contributed by atoms with Crippen LogP contribution in [0.1, 0.15) is 39.5 Å². The van der Waals surface area contributed by atoms with Gasteiger partial charge in [-0.05, 0) is 50.5 Å². The molecule has 0 unspecified atom stereocenters. The maximum atomic E-state index is 12.8. The highest BCUT2D eigenvalue weighted by molar-refractivity contribution is 7.89. The van der Waals surface area contributed by atoms with Gasteiger partial charge in [0.25, 0.3) is 0 Å². The van der Waals surface area contributed by atoms with Crippen molar-refractivity contribution < 1.29 is 13.2 Å². The molecule has 0 spiro atoms. The van der Waals surface area contributed by atoms with Crippen molar-refractivity contribution in [3.63, 3.8) is 0 Å². The lowest BCUT2D eigenvalue weighted by Gasteiger charge is -2.34. The Labute approximate surface area is 143 Å². The molecule has 1 heterocycles. The van der Waals surface area contributed by atoms with E-state index in [-0.39, 0.29) is 16.8 Å². The second-order valence-electron chi connectivity index (χ2n) is 5.80. The standard InChI is InChI=1S/C16H23ClN2O3S/c1-3-14-6-4-5-11-19(14)23(21,22)15-9-7-13(8-10-15)18-16(20)12(2)17/h7-10,12,14H,3-6,11H2,1-2H3,(H,18,20)/t12-,14+/m0/s1. The minimum Gasteiger partial charge on any atom is -0.325 e. The lowest BCUT2D eigenvalue weighted by Crippen LogP contribution is -2.43. The fourth-order valence-electron chi connectivity index (χ4n) is 2.79. The number of piperidine rings is 1.